The van der Waals surface area contributed by atoms with Crippen LogP contribution >= 0.6 is 0 Å². The van der Waals surface area contributed by atoms with Crippen molar-refractivity contribution in [3.63, 3.8) is 0 Å². The van der Waals surface area contributed by atoms with Gasteiger partial charge in [0.15, 0.2) is 0 Å². The van der Waals surface area contributed by atoms with Gasteiger partial charge in [-0.25, -0.2) is 0 Å². The molecule has 8 heteroatoms. The number of fused-ring (bicyclic) bond motifs is 1. The Morgan fingerprint density at radius 3 is 2.41 bits per heavy atom. The van der Waals surface area contributed by atoms with E-state index in [1.165, 1.54) is 24.3 Å². The Bertz CT molecular complexity index is 1160. The summed E-state index contributed by atoms with van der Waals surface area (Å²) in [5.74, 6) is 0.256. The van der Waals surface area contributed by atoms with E-state index in [0.717, 1.165) is 11.1 Å². The molecule has 0 spiro atoms. The van der Waals surface area contributed by atoms with Crippen molar-refractivity contribution in [2.75, 3.05) is 12.4 Å². The molecule has 1 aliphatic rings. The van der Waals surface area contributed by atoms with Crippen LogP contribution in [0.3, 0.4) is 0 Å². The van der Waals surface area contributed by atoms with Crippen LogP contribution in [0.2, 0.25) is 0 Å². The average Bonchev–Trinajstić information content (AvgIpc) is 3.14. The smallest absolute Gasteiger partial charge is 0.269 e. The van der Waals surface area contributed by atoms with Crippen molar-refractivity contribution < 1.29 is 19.2 Å². The minimum Gasteiger partial charge on any atom is -0.497 e. The van der Waals surface area contributed by atoms with Gasteiger partial charge in [-0.3, -0.25) is 19.7 Å². The Morgan fingerprint density at radius 1 is 1.09 bits per heavy atom. The molecule has 0 unspecified atom stereocenters. The first-order chi connectivity index (χ1) is 15.5. The highest BCUT2D eigenvalue weighted by molar-refractivity contribution is 5.99. The molecule has 2 amide bonds. The summed E-state index contributed by atoms with van der Waals surface area (Å²) in [4.78, 5) is 38.0. The van der Waals surface area contributed by atoms with Crippen molar-refractivity contribution in [1.29, 1.82) is 0 Å². The molecule has 8 nitrogen and oxygen atoms in total. The normalized spacial score (nSPS) is 13.4. The third kappa shape index (κ3) is 4.29. The Balaban J connectivity index is 1.57. The largest absolute Gasteiger partial charge is 0.497 e. The molecule has 0 fully saturated rings. The number of anilines is 1. The molecule has 0 saturated carbocycles. The maximum Gasteiger partial charge on any atom is 0.269 e. The van der Waals surface area contributed by atoms with Gasteiger partial charge in [0.25, 0.3) is 11.6 Å². The molecule has 0 radical (unpaired) electrons. The molecule has 0 bridgehead atoms. The number of amides is 2. The van der Waals surface area contributed by atoms with Crippen molar-refractivity contribution in [2.45, 2.75) is 19.0 Å². The Kier molecular flexibility index (Phi) is 5.85. The quantitative estimate of drug-likeness (QED) is 0.443. The first kappa shape index (κ1) is 21.0. The van der Waals surface area contributed by atoms with Gasteiger partial charge in [0.05, 0.1) is 24.5 Å². The Labute approximate surface area is 184 Å². The second-order valence-electron chi connectivity index (χ2n) is 7.44. The maximum atomic E-state index is 13.1. The third-order valence-corrected chi connectivity index (χ3v) is 5.47. The van der Waals surface area contributed by atoms with E-state index < -0.39 is 11.0 Å². The van der Waals surface area contributed by atoms with E-state index in [4.69, 9.17) is 4.74 Å². The van der Waals surface area contributed by atoms with Crippen LogP contribution in [0.1, 0.15) is 33.9 Å². The SMILES string of the molecule is COc1ccc([C@H](CC(=O)Nc2ccc([N+](=O)[O-])cc2)N2Cc3ccccc3C2=O)cc1. The van der Waals surface area contributed by atoms with E-state index in [1.54, 1.807) is 30.2 Å². The molecule has 1 atom stereocenters. The lowest BCUT2D eigenvalue weighted by Gasteiger charge is -2.28. The van der Waals surface area contributed by atoms with Crippen molar-refractivity contribution in [3.8, 4) is 5.75 Å². The summed E-state index contributed by atoms with van der Waals surface area (Å²) in [6.07, 6.45) is 0.0308. The molecular formula is C24H21N3O5. The zero-order valence-electron chi connectivity index (χ0n) is 17.4. The highest BCUT2D eigenvalue weighted by Crippen LogP contribution is 2.34. The second kappa shape index (κ2) is 8.89. The van der Waals surface area contributed by atoms with Crippen LogP contribution in [0.5, 0.6) is 5.75 Å². The number of benzene rings is 3. The van der Waals surface area contributed by atoms with E-state index in [0.29, 0.717) is 23.5 Å². The number of hydrogen-bond donors (Lipinski definition) is 1. The summed E-state index contributed by atoms with van der Waals surface area (Å²) in [5, 5.41) is 13.6. The number of carbonyl (C=O) groups excluding carboxylic acids is 2. The standard InChI is InChI=1S/C24H21N3O5/c1-32-20-12-6-16(7-13-20)22(26-15-17-4-2-3-5-21(17)24(26)29)14-23(28)25-18-8-10-19(11-9-18)27(30)31/h2-13,22H,14-15H2,1H3,(H,25,28)/t22-/m0/s1. The van der Waals surface area contributed by atoms with Crippen molar-refractivity contribution in [2.24, 2.45) is 0 Å². The van der Waals surface area contributed by atoms with Crippen molar-refractivity contribution >= 4 is 23.2 Å². The number of nitro groups is 1. The molecule has 162 valence electrons. The topological polar surface area (TPSA) is 102 Å². The zero-order valence-corrected chi connectivity index (χ0v) is 17.4. The molecular weight excluding hydrogens is 410 g/mol. The minimum atomic E-state index is -0.498. The molecule has 1 N–H and O–H groups in total. The van der Waals surface area contributed by atoms with Gasteiger partial charge in [0.1, 0.15) is 5.75 Å². The summed E-state index contributed by atoms with van der Waals surface area (Å²) in [6, 6.07) is 19.8. The van der Waals surface area contributed by atoms with Crippen molar-refractivity contribution in [3.05, 3.63) is 99.6 Å². The predicted molar refractivity (Wildman–Crippen MR) is 118 cm³/mol. The van der Waals surface area contributed by atoms with Crippen LogP contribution in [-0.2, 0) is 11.3 Å². The number of nitrogens with one attached hydrogen (secondary N) is 1. The highest BCUT2D eigenvalue weighted by Gasteiger charge is 2.34. The van der Waals surface area contributed by atoms with Gasteiger partial charge in [0, 0.05) is 29.9 Å². The van der Waals surface area contributed by atoms with Gasteiger partial charge in [-0.15, -0.1) is 0 Å². The molecule has 1 aliphatic heterocycles. The van der Waals surface area contributed by atoms with Gasteiger partial charge >= 0.3 is 0 Å². The first-order valence-electron chi connectivity index (χ1n) is 10.0. The Morgan fingerprint density at radius 2 is 1.78 bits per heavy atom. The van der Waals surface area contributed by atoms with Gasteiger partial charge in [-0.2, -0.15) is 0 Å². The minimum absolute atomic E-state index is 0.0308. The summed E-state index contributed by atoms with van der Waals surface area (Å²) in [7, 11) is 1.57. The number of nitro benzene ring substituents is 1. The Hall–Kier alpha value is -4.20. The number of ether oxygens (including phenoxy) is 1. The van der Waals surface area contributed by atoms with Gasteiger partial charge < -0.3 is 15.0 Å². The molecule has 4 rings (SSSR count). The summed E-state index contributed by atoms with van der Waals surface area (Å²) in [6.45, 7) is 0.413. The molecule has 1 heterocycles. The van der Waals surface area contributed by atoms with E-state index in [1.807, 2.05) is 30.3 Å². The fourth-order valence-electron chi connectivity index (χ4n) is 3.82. The molecule has 32 heavy (non-hydrogen) atoms. The summed E-state index contributed by atoms with van der Waals surface area (Å²) < 4.78 is 5.22. The summed E-state index contributed by atoms with van der Waals surface area (Å²) >= 11 is 0. The van der Waals surface area contributed by atoms with Crippen LogP contribution < -0.4 is 10.1 Å². The number of nitrogens with zero attached hydrogens (tertiary/aromatic N) is 2. The van der Waals surface area contributed by atoms with E-state index in [9.17, 15) is 19.7 Å². The summed E-state index contributed by atoms with van der Waals surface area (Å²) in [5.41, 5.74) is 2.77. The predicted octanol–water partition coefficient (Wildman–Crippen LogP) is 4.33. The fourth-order valence-corrected chi connectivity index (χ4v) is 3.82. The van der Waals surface area contributed by atoms with Gasteiger partial charge in [-0.05, 0) is 41.5 Å². The molecule has 0 aliphatic carbocycles. The first-order valence-corrected chi connectivity index (χ1v) is 10.0. The van der Waals surface area contributed by atoms with Gasteiger partial charge in [-0.1, -0.05) is 30.3 Å². The second-order valence-corrected chi connectivity index (χ2v) is 7.44. The monoisotopic (exact) mass is 431 g/mol. The van der Waals surface area contributed by atoms with Crippen LogP contribution in [0, 0.1) is 10.1 Å². The lowest BCUT2D eigenvalue weighted by molar-refractivity contribution is -0.384. The van der Waals surface area contributed by atoms with Gasteiger partial charge in [0.2, 0.25) is 5.91 Å². The number of non-ortho nitro benzene ring substituents is 1. The number of methoxy groups -OCH3 is 1. The van der Waals surface area contributed by atoms with Crippen LogP contribution in [0.4, 0.5) is 11.4 Å². The molecule has 0 saturated heterocycles. The lowest BCUT2D eigenvalue weighted by Crippen LogP contribution is -2.32. The van der Waals surface area contributed by atoms with Crippen LogP contribution in [-0.4, -0.2) is 28.7 Å². The van der Waals surface area contributed by atoms with Crippen LogP contribution in [0.25, 0.3) is 0 Å². The van der Waals surface area contributed by atoms with Crippen LogP contribution in [0.15, 0.2) is 72.8 Å². The van der Waals surface area contributed by atoms with E-state index >= 15 is 0 Å². The van der Waals surface area contributed by atoms with E-state index in [-0.39, 0.29) is 23.9 Å². The molecule has 0 aromatic heterocycles. The number of rotatable bonds is 7. The van der Waals surface area contributed by atoms with Crippen molar-refractivity contribution in [1.82, 2.24) is 4.90 Å². The zero-order chi connectivity index (χ0) is 22.7. The number of hydrogen-bond acceptors (Lipinski definition) is 5. The lowest BCUT2D eigenvalue weighted by atomic mass is 10.0. The molecule has 3 aromatic carbocycles. The van der Waals surface area contributed by atoms with E-state index in [2.05, 4.69) is 5.32 Å². The number of carbonyl (C=O) groups is 2. The maximum absolute atomic E-state index is 13.1. The fraction of sp³-hybridized carbons (Fsp3) is 0.167. The highest BCUT2D eigenvalue weighted by atomic mass is 16.6. The molecule has 3 aromatic rings. The average molecular weight is 431 g/mol. The third-order valence-electron chi connectivity index (χ3n) is 5.47.